The summed E-state index contributed by atoms with van der Waals surface area (Å²) in [4.78, 5) is 6.60. The Labute approximate surface area is 168 Å². The number of fused-ring (bicyclic) bond motifs is 1. The molecule has 4 nitrogen and oxygen atoms in total. The van der Waals surface area contributed by atoms with E-state index in [1.54, 1.807) is 0 Å². The largest absolute Gasteiger partial charge is 0.348 e. The van der Waals surface area contributed by atoms with Crippen LogP contribution in [0.15, 0.2) is 18.2 Å². The monoisotopic (exact) mass is 378 g/mol. The molecule has 1 aromatic rings. The Bertz CT molecular complexity index is 820. The molecule has 0 aromatic heterocycles. The Kier molecular flexibility index (Phi) is 3.92. The molecule has 3 atom stereocenters. The summed E-state index contributed by atoms with van der Waals surface area (Å²) in [5.41, 5.74) is 3.83. The number of ether oxygens (including phenoxy) is 2. The van der Waals surface area contributed by atoms with Gasteiger partial charge in [-0.1, -0.05) is 24.6 Å². The zero-order valence-electron chi connectivity index (χ0n) is 16.7. The Morgan fingerprint density at radius 3 is 2.75 bits per heavy atom. The number of hydrogen-bond acceptors (Lipinski definition) is 3. The van der Waals surface area contributed by atoms with E-state index in [9.17, 15) is 0 Å². The van der Waals surface area contributed by atoms with Crippen LogP contribution in [0.2, 0.25) is 0 Å². The maximum atomic E-state index is 7.53. The van der Waals surface area contributed by atoms with Crippen molar-refractivity contribution in [2.24, 2.45) is 11.8 Å². The molecular weight excluding hydrogens is 348 g/mol. The minimum absolute atomic E-state index is 0.123. The molecule has 2 saturated heterocycles. The van der Waals surface area contributed by atoms with E-state index in [0.717, 1.165) is 44.1 Å². The van der Waals surface area contributed by atoms with Crippen molar-refractivity contribution < 1.29 is 9.47 Å². The molecule has 2 saturated carbocycles. The summed E-state index contributed by atoms with van der Waals surface area (Å²) >= 11 is 0. The second kappa shape index (κ2) is 6.29. The smallest absolute Gasteiger partial charge is 0.187 e. The predicted octanol–water partition coefficient (Wildman–Crippen LogP) is 4.45. The summed E-state index contributed by atoms with van der Waals surface area (Å²) in [5, 5.41) is 0. The lowest BCUT2D eigenvalue weighted by atomic mass is 9.51. The van der Waals surface area contributed by atoms with Crippen LogP contribution in [0.25, 0.3) is 4.85 Å². The van der Waals surface area contributed by atoms with Gasteiger partial charge in [-0.2, -0.15) is 0 Å². The van der Waals surface area contributed by atoms with Gasteiger partial charge in [-0.05, 0) is 61.6 Å². The van der Waals surface area contributed by atoms with Crippen molar-refractivity contribution in [3.05, 3.63) is 40.7 Å². The molecule has 2 bridgehead atoms. The van der Waals surface area contributed by atoms with Crippen LogP contribution in [-0.2, 0) is 21.3 Å². The van der Waals surface area contributed by atoms with Gasteiger partial charge < -0.3 is 9.47 Å². The van der Waals surface area contributed by atoms with Gasteiger partial charge in [-0.3, -0.25) is 4.90 Å². The third-order valence-electron chi connectivity index (χ3n) is 8.63. The molecule has 0 N–H and O–H groups in total. The normalized spacial score (nSPS) is 36.4. The average Bonchev–Trinajstić information content (AvgIpc) is 3.13. The van der Waals surface area contributed by atoms with E-state index < -0.39 is 0 Å². The fourth-order valence-electron chi connectivity index (χ4n) is 7.13. The predicted molar refractivity (Wildman–Crippen MR) is 107 cm³/mol. The third-order valence-corrected chi connectivity index (χ3v) is 8.63. The number of rotatable bonds is 2. The van der Waals surface area contributed by atoms with Crippen molar-refractivity contribution in [3.63, 3.8) is 0 Å². The third kappa shape index (κ3) is 2.46. The van der Waals surface area contributed by atoms with Crippen molar-refractivity contribution in [1.82, 2.24) is 4.90 Å². The molecule has 0 unspecified atom stereocenters. The van der Waals surface area contributed by atoms with Crippen molar-refractivity contribution in [2.45, 2.75) is 68.6 Å². The molecule has 148 valence electrons. The Balaban J connectivity index is 1.42. The molecule has 5 aliphatic rings. The summed E-state index contributed by atoms with van der Waals surface area (Å²) in [7, 11) is 0. The topological polar surface area (TPSA) is 26.1 Å². The first-order valence-corrected chi connectivity index (χ1v) is 11.2. The lowest BCUT2D eigenvalue weighted by Gasteiger charge is -2.62. The Morgan fingerprint density at radius 1 is 1.14 bits per heavy atom. The van der Waals surface area contributed by atoms with Gasteiger partial charge >= 0.3 is 0 Å². The Hall–Kier alpha value is -1.41. The molecular formula is C24H30N2O2. The number of piperidine rings is 1. The zero-order chi connectivity index (χ0) is 18.8. The van der Waals surface area contributed by atoms with Crippen molar-refractivity contribution in [3.8, 4) is 0 Å². The lowest BCUT2D eigenvalue weighted by Crippen LogP contribution is -2.64. The molecule has 1 spiro atoms. The second-order valence-corrected chi connectivity index (χ2v) is 9.85. The van der Waals surface area contributed by atoms with Crippen LogP contribution in [-0.4, -0.2) is 43.0 Å². The first-order valence-electron chi connectivity index (χ1n) is 11.2. The SMILES string of the molecule is [C-]#[N+]c1ccc2c(c1)[C@]13CCN(CC4CCC4)[C@H](C2)[C@@H]1CCC1(C3)OCCO1. The van der Waals surface area contributed by atoms with Crippen molar-refractivity contribution >= 4 is 5.69 Å². The van der Waals surface area contributed by atoms with Crippen LogP contribution < -0.4 is 0 Å². The summed E-state index contributed by atoms with van der Waals surface area (Å²) in [6, 6.07) is 7.13. The zero-order valence-corrected chi connectivity index (χ0v) is 16.7. The molecule has 1 aromatic carbocycles. The van der Waals surface area contributed by atoms with E-state index in [1.807, 2.05) is 6.07 Å². The minimum atomic E-state index is -0.375. The summed E-state index contributed by atoms with van der Waals surface area (Å²) in [5.74, 6) is 1.22. The molecule has 0 amide bonds. The molecule has 4 fully saturated rings. The van der Waals surface area contributed by atoms with Gasteiger partial charge in [0, 0.05) is 30.8 Å². The van der Waals surface area contributed by atoms with Crippen LogP contribution in [0, 0.1) is 18.4 Å². The van der Waals surface area contributed by atoms with Crippen LogP contribution in [0.4, 0.5) is 5.69 Å². The maximum absolute atomic E-state index is 7.53. The second-order valence-electron chi connectivity index (χ2n) is 9.85. The van der Waals surface area contributed by atoms with E-state index in [-0.39, 0.29) is 11.2 Å². The van der Waals surface area contributed by atoms with Gasteiger partial charge in [0.1, 0.15) is 0 Å². The van der Waals surface area contributed by atoms with Crippen molar-refractivity contribution in [2.75, 3.05) is 26.3 Å². The lowest BCUT2D eigenvalue weighted by molar-refractivity contribution is -0.214. The summed E-state index contributed by atoms with van der Waals surface area (Å²) < 4.78 is 12.4. The number of hydrogen-bond donors (Lipinski definition) is 0. The fraction of sp³-hybridized carbons (Fsp3) is 0.708. The molecule has 3 aliphatic carbocycles. The molecule has 2 aliphatic heterocycles. The standard InChI is InChI=1S/C24H30N2O2/c1-25-19-6-5-18-13-22-20-7-8-24(27-11-12-28-24)16-23(20,21(18)14-19)9-10-26(22)15-17-3-2-4-17/h5-6,14,17,20,22H,2-4,7-13,15-16H2/t20-,22+,23-/m0/s1. The molecule has 6 rings (SSSR count). The van der Waals surface area contributed by atoms with Gasteiger partial charge in [0.05, 0.1) is 19.8 Å². The summed E-state index contributed by atoms with van der Waals surface area (Å²) in [6.45, 7) is 11.5. The van der Waals surface area contributed by atoms with Crippen LogP contribution >= 0.6 is 0 Å². The fourth-order valence-corrected chi connectivity index (χ4v) is 7.13. The van der Waals surface area contributed by atoms with E-state index in [2.05, 4.69) is 21.9 Å². The number of nitrogens with zero attached hydrogens (tertiary/aromatic N) is 2. The van der Waals surface area contributed by atoms with Crippen LogP contribution in [0.5, 0.6) is 0 Å². The Morgan fingerprint density at radius 2 is 2.00 bits per heavy atom. The van der Waals surface area contributed by atoms with Crippen LogP contribution in [0.3, 0.4) is 0 Å². The van der Waals surface area contributed by atoms with E-state index >= 15 is 0 Å². The quantitative estimate of drug-likeness (QED) is 0.711. The van der Waals surface area contributed by atoms with Gasteiger partial charge in [-0.25, -0.2) is 4.85 Å². The molecule has 4 heteroatoms. The van der Waals surface area contributed by atoms with Crippen LogP contribution in [0.1, 0.15) is 56.1 Å². The van der Waals surface area contributed by atoms with E-state index in [4.69, 9.17) is 16.0 Å². The first-order chi connectivity index (χ1) is 13.7. The summed E-state index contributed by atoms with van der Waals surface area (Å²) in [6.07, 6.45) is 9.82. The highest BCUT2D eigenvalue weighted by atomic mass is 16.7. The highest BCUT2D eigenvalue weighted by molar-refractivity contribution is 5.54. The average molecular weight is 379 g/mol. The van der Waals surface area contributed by atoms with Gasteiger partial charge in [-0.15, -0.1) is 0 Å². The molecule has 2 heterocycles. The van der Waals surface area contributed by atoms with Gasteiger partial charge in [0.2, 0.25) is 0 Å². The molecule has 28 heavy (non-hydrogen) atoms. The number of likely N-dealkylation sites (tertiary alicyclic amines) is 1. The highest BCUT2D eigenvalue weighted by Crippen LogP contribution is 2.59. The number of benzene rings is 1. The van der Waals surface area contributed by atoms with Crippen molar-refractivity contribution in [1.29, 1.82) is 0 Å². The highest BCUT2D eigenvalue weighted by Gasteiger charge is 2.60. The van der Waals surface area contributed by atoms with E-state index in [0.29, 0.717) is 12.0 Å². The van der Waals surface area contributed by atoms with Gasteiger partial charge in [0.15, 0.2) is 11.5 Å². The first kappa shape index (κ1) is 17.4. The van der Waals surface area contributed by atoms with E-state index in [1.165, 1.54) is 56.3 Å². The molecule has 0 radical (unpaired) electrons. The maximum Gasteiger partial charge on any atom is 0.187 e. The minimum Gasteiger partial charge on any atom is -0.348 e. The van der Waals surface area contributed by atoms with Gasteiger partial charge in [0.25, 0.3) is 0 Å².